The van der Waals surface area contributed by atoms with E-state index < -0.39 is 28.6 Å². The van der Waals surface area contributed by atoms with Crippen LogP contribution in [0.25, 0.3) is 0 Å². The second-order valence-corrected chi connectivity index (χ2v) is 5.60. The fourth-order valence-electron chi connectivity index (χ4n) is 1.63. The first-order valence-electron chi connectivity index (χ1n) is 5.01. The number of amides is 1. The topological polar surface area (TPSA) is 80.4 Å². The van der Waals surface area contributed by atoms with E-state index in [4.69, 9.17) is 10.8 Å². The lowest BCUT2D eigenvalue weighted by molar-refractivity contribution is -0.113. The first-order valence-corrected chi connectivity index (χ1v) is 6.42. The van der Waals surface area contributed by atoms with Crippen molar-refractivity contribution < 1.29 is 19.1 Å². The van der Waals surface area contributed by atoms with Crippen molar-refractivity contribution in [1.82, 2.24) is 0 Å². The summed E-state index contributed by atoms with van der Waals surface area (Å²) >= 11 is 0. The molecule has 0 saturated heterocycles. The summed E-state index contributed by atoms with van der Waals surface area (Å²) in [5, 5.41) is 10.4. The molecule has 1 unspecified atom stereocenters. The zero-order chi connectivity index (χ0) is 13.3. The lowest BCUT2D eigenvalue weighted by atomic mass is 10.2. The third kappa shape index (κ3) is 2.14. The maximum Gasteiger partial charge on any atom is 0.335 e. The Morgan fingerprint density at radius 2 is 2.06 bits per heavy atom. The van der Waals surface area contributed by atoms with E-state index in [2.05, 4.69) is 0 Å². The van der Waals surface area contributed by atoms with Crippen LogP contribution in [-0.4, -0.2) is 17.0 Å². The van der Waals surface area contributed by atoms with Crippen LogP contribution < -0.4 is 5.73 Å². The second-order valence-electron chi connectivity index (χ2n) is 3.60. The number of carbonyl (C=O) groups excluding carboxylic acids is 1. The summed E-state index contributed by atoms with van der Waals surface area (Å²) < 4.78 is 13.8. The second kappa shape index (κ2) is 4.66. The van der Waals surface area contributed by atoms with Crippen LogP contribution in [0, 0.1) is 5.82 Å². The molecule has 2 rings (SSSR count). The van der Waals surface area contributed by atoms with Crippen molar-refractivity contribution in [3.8, 4) is 0 Å². The van der Waals surface area contributed by atoms with E-state index in [1.807, 2.05) is 0 Å². The van der Waals surface area contributed by atoms with E-state index >= 15 is 0 Å². The highest BCUT2D eigenvalue weighted by Gasteiger charge is 2.21. The van der Waals surface area contributed by atoms with Crippen molar-refractivity contribution in [1.29, 1.82) is 0 Å². The minimum Gasteiger partial charge on any atom is -0.478 e. The zero-order valence-corrected chi connectivity index (χ0v) is 10.0. The fraction of sp³-hybridized carbons (Fsp3) is 0. The molecule has 1 aromatic rings. The molecule has 0 aromatic heterocycles. The molecule has 3 N–H and O–H groups in total. The Balaban J connectivity index is 2.41. The van der Waals surface area contributed by atoms with Crippen molar-refractivity contribution in [2.24, 2.45) is 5.73 Å². The van der Waals surface area contributed by atoms with Gasteiger partial charge in [0, 0.05) is 4.90 Å². The molecule has 1 atom stereocenters. The van der Waals surface area contributed by atoms with Gasteiger partial charge in [0.1, 0.15) is 5.82 Å². The summed E-state index contributed by atoms with van der Waals surface area (Å²) in [6.07, 6.45) is 3.20. The monoisotopic (exact) mass is 267 g/mol. The number of benzene rings is 1. The van der Waals surface area contributed by atoms with Gasteiger partial charge in [0.05, 0.1) is 10.5 Å². The number of carboxylic acid groups (broad SMARTS) is 1. The largest absolute Gasteiger partial charge is 0.478 e. The Morgan fingerprint density at radius 3 is 2.61 bits per heavy atom. The fourth-order valence-corrected chi connectivity index (χ4v) is 3.48. The minimum absolute atomic E-state index is 0.126. The van der Waals surface area contributed by atoms with Crippen LogP contribution >= 0.6 is 10.9 Å². The SMILES string of the molecule is NC(=O)C1=CC=C[SH]1c1ccc(C(=O)O)cc1F. The molecule has 1 heterocycles. The molecular weight excluding hydrogens is 257 g/mol. The van der Waals surface area contributed by atoms with Gasteiger partial charge in [-0.25, -0.2) is 9.18 Å². The lowest BCUT2D eigenvalue weighted by Crippen LogP contribution is -2.13. The van der Waals surface area contributed by atoms with Crippen LogP contribution in [0.4, 0.5) is 4.39 Å². The zero-order valence-electron chi connectivity index (χ0n) is 9.13. The maximum atomic E-state index is 13.8. The molecule has 0 spiro atoms. The summed E-state index contributed by atoms with van der Waals surface area (Å²) in [4.78, 5) is 22.5. The third-order valence-electron chi connectivity index (χ3n) is 2.46. The number of thiol groups is 1. The molecule has 0 fully saturated rings. The number of carboxylic acids is 1. The van der Waals surface area contributed by atoms with Gasteiger partial charge >= 0.3 is 5.97 Å². The molecule has 1 aliphatic heterocycles. The Morgan fingerprint density at radius 1 is 1.33 bits per heavy atom. The number of nitrogens with two attached hydrogens (primary N) is 1. The minimum atomic E-state index is -1.26. The first-order chi connectivity index (χ1) is 8.50. The third-order valence-corrected chi connectivity index (χ3v) is 4.70. The number of aromatic carboxylic acids is 1. The number of allylic oxidation sites excluding steroid dienone is 2. The van der Waals surface area contributed by atoms with Crippen LogP contribution in [0.1, 0.15) is 10.4 Å². The number of hydrogen-bond acceptors (Lipinski definition) is 2. The number of hydrogen-bond donors (Lipinski definition) is 3. The highest BCUT2D eigenvalue weighted by Crippen LogP contribution is 2.49. The Hall–Kier alpha value is -2.08. The molecule has 1 aliphatic rings. The summed E-state index contributed by atoms with van der Waals surface area (Å²) in [6, 6.07) is 3.65. The molecule has 18 heavy (non-hydrogen) atoms. The molecule has 1 amide bonds. The van der Waals surface area contributed by atoms with Crippen LogP contribution in [0.2, 0.25) is 0 Å². The standard InChI is InChI=1S/C12H10FNO3S/c13-8-6-7(12(16)17)3-4-9(8)18-5-1-2-10(18)11(14)15/h1-6,18H,(H2,14,15)(H,16,17). The van der Waals surface area contributed by atoms with Crippen molar-refractivity contribution in [2.45, 2.75) is 4.90 Å². The van der Waals surface area contributed by atoms with E-state index in [-0.39, 0.29) is 5.56 Å². The van der Waals surface area contributed by atoms with Gasteiger partial charge in [-0.15, -0.1) is 0 Å². The molecule has 0 saturated carbocycles. The molecule has 0 aliphatic carbocycles. The van der Waals surface area contributed by atoms with Gasteiger partial charge in [-0.05, 0) is 29.7 Å². The van der Waals surface area contributed by atoms with Gasteiger partial charge in [-0.2, -0.15) is 10.9 Å². The van der Waals surface area contributed by atoms with E-state index in [1.165, 1.54) is 12.1 Å². The molecule has 4 nitrogen and oxygen atoms in total. The Labute approximate surface area is 105 Å². The highest BCUT2D eigenvalue weighted by molar-refractivity contribution is 8.23. The van der Waals surface area contributed by atoms with Crippen LogP contribution in [0.5, 0.6) is 0 Å². The highest BCUT2D eigenvalue weighted by atomic mass is 32.2. The lowest BCUT2D eigenvalue weighted by Gasteiger charge is -2.17. The summed E-state index contributed by atoms with van der Waals surface area (Å²) in [5.41, 5.74) is 5.08. The summed E-state index contributed by atoms with van der Waals surface area (Å²) in [7, 11) is -1.26. The predicted molar refractivity (Wildman–Crippen MR) is 67.0 cm³/mol. The average Bonchev–Trinajstić information content (AvgIpc) is 2.77. The first kappa shape index (κ1) is 12.4. The van der Waals surface area contributed by atoms with Crippen LogP contribution in [0.3, 0.4) is 0 Å². The van der Waals surface area contributed by atoms with E-state index in [9.17, 15) is 14.0 Å². The number of halogens is 1. The molecule has 0 bridgehead atoms. The van der Waals surface area contributed by atoms with Gasteiger partial charge < -0.3 is 10.8 Å². The van der Waals surface area contributed by atoms with Crippen LogP contribution in [-0.2, 0) is 4.79 Å². The maximum absolute atomic E-state index is 13.8. The number of carbonyl (C=O) groups is 2. The van der Waals surface area contributed by atoms with Crippen LogP contribution in [0.15, 0.2) is 45.6 Å². The van der Waals surface area contributed by atoms with Crippen molar-refractivity contribution >= 4 is 22.8 Å². The quantitative estimate of drug-likeness (QED) is 0.730. The van der Waals surface area contributed by atoms with Gasteiger partial charge in [0.2, 0.25) is 0 Å². The molecule has 94 valence electrons. The van der Waals surface area contributed by atoms with Gasteiger partial charge in [-0.3, -0.25) is 4.79 Å². The predicted octanol–water partition coefficient (Wildman–Crippen LogP) is 1.78. The summed E-state index contributed by atoms with van der Waals surface area (Å²) in [5.74, 6) is -2.42. The van der Waals surface area contributed by atoms with Gasteiger partial charge in [-0.1, -0.05) is 6.08 Å². The van der Waals surface area contributed by atoms with Gasteiger partial charge in [0.15, 0.2) is 0 Å². The average molecular weight is 267 g/mol. The van der Waals surface area contributed by atoms with Crippen molar-refractivity contribution in [3.63, 3.8) is 0 Å². The van der Waals surface area contributed by atoms with E-state index in [1.54, 1.807) is 17.6 Å². The molecule has 6 heteroatoms. The van der Waals surface area contributed by atoms with Gasteiger partial charge in [0.25, 0.3) is 5.91 Å². The Bertz CT molecular complexity index is 595. The van der Waals surface area contributed by atoms with Crippen molar-refractivity contribution in [2.75, 3.05) is 0 Å². The number of primary amides is 1. The Kier molecular flexibility index (Phi) is 3.20. The number of rotatable bonds is 3. The summed E-state index contributed by atoms with van der Waals surface area (Å²) in [6.45, 7) is 0. The van der Waals surface area contributed by atoms with E-state index in [0.717, 1.165) is 6.07 Å². The molecule has 1 aromatic carbocycles. The molecule has 0 radical (unpaired) electrons. The molecular formula is C12H10FNO3S. The normalized spacial score (nSPS) is 19.6. The smallest absolute Gasteiger partial charge is 0.335 e. The van der Waals surface area contributed by atoms with Crippen molar-refractivity contribution in [3.05, 3.63) is 52.0 Å². The van der Waals surface area contributed by atoms with E-state index in [0.29, 0.717) is 9.80 Å².